The van der Waals surface area contributed by atoms with Gasteiger partial charge in [-0.2, -0.15) is 0 Å². The highest BCUT2D eigenvalue weighted by atomic mass is 79.9. The quantitative estimate of drug-likeness (QED) is 0.289. The molecule has 1 aromatic carbocycles. The van der Waals surface area contributed by atoms with Gasteiger partial charge in [-0.1, -0.05) is 27.5 Å². The first-order valence-electron chi connectivity index (χ1n) is 14.1. The van der Waals surface area contributed by atoms with E-state index in [1.54, 1.807) is 6.07 Å². The predicted octanol–water partition coefficient (Wildman–Crippen LogP) is 7.26. The molecule has 210 valence electrons. The van der Waals surface area contributed by atoms with Crippen molar-refractivity contribution in [2.75, 3.05) is 26.2 Å². The molecule has 0 N–H and O–H groups in total. The van der Waals surface area contributed by atoms with E-state index < -0.39 is 0 Å². The molecule has 3 aromatic rings. The van der Waals surface area contributed by atoms with Crippen LogP contribution in [-0.2, 0) is 17.6 Å². The maximum Gasteiger partial charge on any atom is 0.257 e. The first-order chi connectivity index (χ1) is 19.4. The number of aryl methyl sites for hydroxylation is 2. The second-order valence-electron chi connectivity index (χ2n) is 11.3. The van der Waals surface area contributed by atoms with E-state index in [2.05, 4.69) is 48.9 Å². The average Bonchev–Trinajstić information content (AvgIpc) is 3.44. The maximum absolute atomic E-state index is 13.3. The lowest BCUT2D eigenvalue weighted by Gasteiger charge is -2.38. The number of carbonyl (C=O) groups is 2. The Kier molecular flexibility index (Phi) is 8.38. The van der Waals surface area contributed by atoms with Crippen molar-refractivity contribution in [2.45, 2.75) is 50.9 Å². The minimum Gasteiger partial charge on any atom is -0.472 e. The molecule has 4 heterocycles. The molecule has 0 spiro atoms. The summed E-state index contributed by atoms with van der Waals surface area (Å²) in [6.45, 7) is 2.91. The fourth-order valence-electron chi connectivity index (χ4n) is 6.80. The Morgan fingerprint density at radius 2 is 1.70 bits per heavy atom. The standard InChI is InChI=1S/C31H32Br2ClN3O3/c32-24-14-22-2-1-21-15-25(34)16-26(33)28(21)29(30(22)35-17-24)20-5-10-36(11-6-20)27(38)13-19-3-8-37(9-4-19)31(39)23-7-12-40-18-23/h7,12,14-20,29H,1-6,8-11,13H2/t29-/m1/s1. The van der Waals surface area contributed by atoms with Gasteiger partial charge in [0, 0.05) is 58.7 Å². The number of piperidine rings is 2. The number of likely N-dealkylation sites (tertiary alicyclic amines) is 2. The lowest BCUT2D eigenvalue weighted by Crippen LogP contribution is -2.42. The first kappa shape index (κ1) is 28.0. The van der Waals surface area contributed by atoms with Crippen LogP contribution in [0.3, 0.4) is 0 Å². The van der Waals surface area contributed by atoms with Gasteiger partial charge in [0.2, 0.25) is 5.91 Å². The number of pyridine rings is 1. The molecule has 6 nitrogen and oxygen atoms in total. The Labute approximate surface area is 256 Å². The lowest BCUT2D eigenvalue weighted by molar-refractivity contribution is -0.134. The number of rotatable bonds is 4. The largest absolute Gasteiger partial charge is 0.472 e. The van der Waals surface area contributed by atoms with Crippen molar-refractivity contribution in [3.05, 3.63) is 84.9 Å². The molecular formula is C31H32Br2ClN3O3. The minimum atomic E-state index is 0.0121. The van der Waals surface area contributed by atoms with E-state index in [1.807, 2.05) is 17.2 Å². The lowest BCUT2D eigenvalue weighted by atomic mass is 9.76. The Morgan fingerprint density at radius 1 is 0.975 bits per heavy atom. The number of halogens is 3. The number of hydrogen-bond donors (Lipinski definition) is 0. The second-order valence-corrected chi connectivity index (χ2v) is 13.5. The third-order valence-corrected chi connectivity index (χ3v) is 10.2. The molecule has 0 radical (unpaired) electrons. The van der Waals surface area contributed by atoms with Crippen molar-refractivity contribution < 1.29 is 14.0 Å². The van der Waals surface area contributed by atoms with Gasteiger partial charge in [0.05, 0.1) is 17.5 Å². The monoisotopic (exact) mass is 687 g/mol. The number of carbonyl (C=O) groups excluding carboxylic acids is 2. The van der Waals surface area contributed by atoms with Crippen molar-refractivity contribution in [3.8, 4) is 0 Å². The molecule has 2 fully saturated rings. The second kappa shape index (κ2) is 12.0. The molecule has 1 aliphatic carbocycles. The van der Waals surface area contributed by atoms with Gasteiger partial charge in [-0.3, -0.25) is 14.6 Å². The van der Waals surface area contributed by atoms with E-state index in [0.717, 1.165) is 71.3 Å². The SMILES string of the molecule is O=C(CC1CCN(C(=O)c2ccoc2)CC1)N1CCC([C@H]2c3ncc(Br)cc3CCc3cc(Cl)cc(Br)c32)CC1. The van der Waals surface area contributed by atoms with Crippen molar-refractivity contribution in [2.24, 2.45) is 11.8 Å². The van der Waals surface area contributed by atoms with E-state index >= 15 is 0 Å². The molecule has 2 aliphatic heterocycles. The van der Waals surface area contributed by atoms with Crippen LogP contribution in [0.5, 0.6) is 0 Å². The third-order valence-electron chi connectivity index (χ3n) is 8.91. The summed E-state index contributed by atoms with van der Waals surface area (Å²) in [5.74, 6) is 1.14. The van der Waals surface area contributed by atoms with Crippen LogP contribution in [0.4, 0.5) is 0 Å². The molecule has 1 atom stereocenters. The van der Waals surface area contributed by atoms with Gasteiger partial charge in [0.1, 0.15) is 6.26 Å². The van der Waals surface area contributed by atoms with E-state index in [9.17, 15) is 9.59 Å². The fourth-order valence-corrected chi connectivity index (χ4v) is 8.30. The van der Waals surface area contributed by atoms with Gasteiger partial charge < -0.3 is 14.2 Å². The Morgan fingerprint density at radius 3 is 2.42 bits per heavy atom. The number of hydrogen-bond acceptors (Lipinski definition) is 4. The molecule has 2 saturated heterocycles. The van der Waals surface area contributed by atoms with Crippen LogP contribution in [0, 0.1) is 11.8 Å². The van der Waals surface area contributed by atoms with Gasteiger partial charge in [-0.25, -0.2) is 0 Å². The smallest absolute Gasteiger partial charge is 0.257 e. The first-order valence-corrected chi connectivity index (χ1v) is 16.0. The van der Waals surface area contributed by atoms with E-state index in [-0.39, 0.29) is 17.7 Å². The van der Waals surface area contributed by atoms with Crippen LogP contribution in [0.2, 0.25) is 5.02 Å². The zero-order chi connectivity index (χ0) is 27.8. The molecule has 9 heteroatoms. The molecule has 3 aliphatic rings. The van der Waals surface area contributed by atoms with Crippen LogP contribution in [0.15, 0.2) is 56.4 Å². The fraction of sp³-hybridized carbons (Fsp3) is 0.452. The number of benzene rings is 1. The zero-order valence-electron chi connectivity index (χ0n) is 22.3. The Hall–Kier alpha value is -2.16. The van der Waals surface area contributed by atoms with Crippen LogP contribution in [0.1, 0.15) is 70.8 Å². The Bertz CT molecular complexity index is 1400. The summed E-state index contributed by atoms with van der Waals surface area (Å²) in [6.07, 6.45) is 11.0. The Balaban J connectivity index is 1.11. The number of fused-ring (bicyclic) bond motifs is 2. The summed E-state index contributed by atoms with van der Waals surface area (Å²) in [6, 6.07) is 8.03. The molecule has 40 heavy (non-hydrogen) atoms. The summed E-state index contributed by atoms with van der Waals surface area (Å²) >= 11 is 13.9. The molecule has 0 bridgehead atoms. The third kappa shape index (κ3) is 5.77. The number of furan rings is 1. The van der Waals surface area contributed by atoms with Gasteiger partial charge >= 0.3 is 0 Å². The molecular weight excluding hydrogens is 658 g/mol. The van der Waals surface area contributed by atoms with Gasteiger partial charge in [0.25, 0.3) is 5.91 Å². The van der Waals surface area contributed by atoms with E-state index in [0.29, 0.717) is 36.9 Å². The van der Waals surface area contributed by atoms with Crippen LogP contribution < -0.4 is 0 Å². The highest BCUT2D eigenvalue weighted by molar-refractivity contribution is 9.10. The molecule has 6 rings (SSSR count). The number of aromatic nitrogens is 1. The highest BCUT2D eigenvalue weighted by Gasteiger charge is 2.37. The summed E-state index contributed by atoms with van der Waals surface area (Å²) in [5, 5.41) is 0.751. The topological polar surface area (TPSA) is 66.7 Å². The minimum absolute atomic E-state index is 0.0121. The van der Waals surface area contributed by atoms with Gasteiger partial charge in [0.15, 0.2) is 0 Å². The maximum atomic E-state index is 13.3. The van der Waals surface area contributed by atoms with E-state index in [1.165, 1.54) is 29.2 Å². The van der Waals surface area contributed by atoms with E-state index in [4.69, 9.17) is 21.0 Å². The normalized spacial score (nSPS) is 20.1. The van der Waals surface area contributed by atoms with Crippen LogP contribution in [-0.4, -0.2) is 52.8 Å². The molecule has 2 aromatic heterocycles. The molecule has 0 saturated carbocycles. The van der Waals surface area contributed by atoms with Gasteiger partial charge in [-0.15, -0.1) is 0 Å². The molecule has 2 amide bonds. The highest BCUT2D eigenvalue weighted by Crippen LogP contribution is 2.46. The summed E-state index contributed by atoms with van der Waals surface area (Å²) < 4.78 is 7.11. The van der Waals surface area contributed by atoms with Crippen molar-refractivity contribution in [3.63, 3.8) is 0 Å². The van der Waals surface area contributed by atoms with Gasteiger partial charge in [-0.05, 0) is 107 Å². The van der Waals surface area contributed by atoms with Crippen LogP contribution in [0.25, 0.3) is 0 Å². The molecule has 0 unspecified atom stereocenters. The van der Waals surface area contributed by atoms with Crippen molar-refractivity contribution in [1.29, 1.82) is 0 Å². The zero-order valence-corrected chi connectivity index (χ0v) is 26.2. The average molecular weight is 690 g/mol. The van der Waals surface area contributed by atoms with Crippen molar-refractivity contribution in [1.82, 2.24) is 14.8 Å². The summed E-state index contributed by atoms with van der Waals surface area (Å²) in [7, 11) is 0. The number of amides is 2. The predicted molar refractivity (Wildman–Crippen MR) is 162 cm³/mol. The van der Waals surface area contributed by atoms with Crippen molar-refractivity contribution >= 4 is 55.3 Å². The van der Waals surface area contributed by atoms with Crippen LogP contribution >= 0.6 is 43.5 Å². The summed E-state index contributed by atoms with van der Waals surface area (Å²) in [4.78, 5) is 34.8. The summed E-state index contributed by atoms with van der Waals surface area (Å²) in [5.41, 5.74) is 5.63. The number of nitrogens with zero attached hydrogens (tertiary/aromatic N) is 3.